The summed E-state index contributed by atoms with van der Waals surface area (Å²) in [6, 6.07) is 3.39. The molecule has 23 nitrogen and oxygen atoms in total. The van der Waals surface area contributed by atoms with Gasteiger partial charge in [-0.15, -0.1) is 0 Å². The average Bonchev–Trinajstić information content (AvgIpc) is 3.88. The summed E-state index contributed by atoms with van der Waals surface area (Å²) < 4.78 is 33.5. The highest BCUT2D eigenvalue weighted by Crippen LogP contribution is 2.43. The lowest BCUT2D eigenvalue weighted by Crippen LogP contribution is -2.50. The number of aromatic amines is 1. The number of hydrogen-bond acceptors (Lipinski definition) is 15. The molecule has 3 aromatic rings. The minimum absolute atomic E-state index is 0.000847. The Morgan fingerprint density at radius 3 is 2.36 bits per heavy atom. The van der Waals surface area contributed by atoms with Crippen molar-refractivity contribution in [1.82, 2.24) is 41.0 Å². The lowest BCUT2D eigenvalue weighted by Gasteiger charge is -2.19. The second kappa shape index (κ2) is 24.0. The van der Waals surface area contributed by atoms with Crippen LogP contribution in [0, 0.1) is 0 Å². The van der Waals surface area contributed by atoms with Crippen LogP contribution in [0.15, 0.2) is 36.8 Å². The number of nitrogens with one attached hydrogen (secondary N) is 6. The molecule has 1 aromatic carbocycles. The summed E-state index contributed by atoms with van der Waals surface area (Å²) >= 11 is 0. The highest BCUT2D eigenvalue weighted by Gasteiger charge is 2.26. The van der Waals surface area contributed by atoms with E-state index >= 15 is 0 Å². The molecular weight excluding hydrogens is 789 g/mol. The third-order valence-electron chi connectivity index (χ3n) is 7.77. The van der Waals surface area contributed by atoms with Crippen LogP contribution in [0.1, 0.15) is 56.3 Å². The van der Waals surface area contributed by atoms with Crippen molar-refractivity contribution in [2.24, 2.45) is 0 Å². The molecular formula is C34H48N9O14P. The van der Waals surface area contributed by atoms with Gasteiger partial charge < -0.3 is 51.0 Å². The Bertz CT molecular complexity index is 1910. The minimum Gasteiger partial charge on any atom is -0.480 e. The minimum atomic E-state index is -4.67. The predicted molar refractivity (Wildman–Crippen MR) is 202 cm³/mol. The van der Waals surface area contributed by atoms with Crippen LogP contribution in [0.4, 0.5) is 5.95 Å². The first-order chi connectivity index (χ1) is 27.7. The van der Waals surface area contributed by atoms with Gasteiger partial charge in [0.15, 0.2) is 12.1 Å². The molecule has 0 spiro atoms. The zero-order chi connectivity index (χ0) is 42.5. The number of aliphatic carboxylic acids is 1. The van der Waals surface area contributed by atoms with Gasteiger partial charge in [-0.25, -0.2) is 14.3 Å². The number of carboxylic acid groups (broad SMARTS) is 1. The summed E-state index contributed by atoms with van der Waals surface area (Å²) in [4.78, 5) is 101. The average molecular weight is 838 g/mol. The standard InChI is InChI=1S/C34H48N9O14P/c1-3-30(47)54-20-24(57-31(48)4-2)21-56-58(52,53)55-15-13-35-27(44)8-9-28(45)39-19-29(46)42-25(33(50)51)18-40-32(49)22-6-7-26-23(16-22)17-41-43(26)14-5-10-36-34-37-11-12-38-34/h6-7,11-12,16-17,24-25H,3-5,8-10,13-15,18-21H2,1-2H3,(H,35,44)(H,39,45)(H,40,49)(H,42,46)(H,50,51)(H,52,53)(H2,36,37,38)/t24-,25+/m1/s1. The molecule has 3 rings (SSSR count). The molecule has 1 unspecified atom stereocenters. The Hall–Kier alpha value is -5.90. The largest absolute Gasteiger partial charge is 0.480 e. The highest BCUT2D eigenvalue weighted by molar-refractivity contribution is 7.47. The summed E-state index contributed by atoms with van der Waals surface area (Å²) in [5.41, 5.74) is 1.05. The maximum absolute atomic E-state index is 12.8. The Morgan fingerprint density at radius 1 is 0.931 bits per heavy atom. The number of carbonyl (C=O) groups is 7. The van der Waals surface area contributed by atoms with E-state index in [0.29, 0.717) is 24.4 Å². The fourth-order valence-corrected chi connectivity index (χ4v) is 5.52. The van der Waals surface area contributed by atoms with Crippen LogP contribution in [0.3, 0.4) is 0 Å². The number of aromatic nitrogens is 4. The van der Waals surface area contributed by atoms with Crippen molar-refractivity contribution in [3.8, 4) is 0 Å². The summed E-state index contributed by atoms with van der Waals surface area (Å²) in [5.74, 6) is -4.78. The Labute approximate surface area is 331 Å². The molecule has 0 fully saturated rings. The van der Waals surface area contributed by atoms with Crippen LogP contribution in [0.2, 0.25) is 0 Å². The number of H-pyrrole nitrogens is 1. The van der Waals surface area contributed by atoms with Crippen molar-refractivity contribution >= 4 is 66.2 Å². The van der Waals surface area contributed by atoms with Crippen LogP contribution >= 0.6 is 7.82 Å². The highest BCUT2D eigenvalue weighted by atomic mass is 31.2. The van der Waals surface area contributed by atoms with Gasteiger partial charge in [0.1, 0.15) is 12.6 Å². The van der Waals surface area contributed by atoms with Crippen LogP contribution in [0.5, 0.6) is 0 Å². The number of ether oxygens (including phenoxy) is 2. The Kier molecular flexibility index (Phi) is 19.2. The number of hydrogen-bond donors (Lipinski definition) is 8. The number of aryl methyl sites for hydroxylation is 1. The zero-order valence-corrected chi connectivity index (χ0v) is 32.8. The summed E-state index contributed by atoms with van der Waals surface area (Å²) in [6.45, 7) is 1.52. The number of nitrogens with zero attached hydrogens (tertiary/aromatic N) is 3. The van der Waals surface area contributed by atoms with E-state index in [1.165, 1.54) is 6.92 Å². The van der Waals surface area contributed by atoms with E-state index in [1.807, 2.05) is 0 Å². The third kappa shape index (κ3) is 17.1. The van der Waals surface area contributed by atoms with Gasteiger partial charge >= 0.3 is 25.7 Å². The van der Waals surface area contributed by atoms with Gasteiger partial charge in [-0.1, -0.05) is 13.8 Å². The van der Waals surface area contributed by atoms with E-state index in [9.17, 15) is 48.1 Å². The summed E-state index contributed by atoms with van der Waals surface area (Å²) in [6.07, 6.45) is 3.94. The first-order valence-corrected chi connectivity index (χ1v) is 19.7. The lowest BCUT2D eigenvalue weighted by molar-refractivity contribution is -0.160. The second-order valence-electron chi connectivity index (χ2n) is 12.3. The molecule has 24 heteroatoms. The number of imidazole rings is 1. The molecule has 0 saturated carbocycles. The van der Waals surface area contributed by atoms with Crippen molar-refractivity contribution in [1.29, 1.82) is 0 Å². The maximum Gasteiger partial charge on any atom is 0.472 e. The molecule has 0 aliphatic rings. The molecule has 0 aliphatic heterocycles. The molecule has 58 heavy (non-hydrogen) atoms. The number of fused-ring (bicyclic) bond motifs is 1. The van der Waals surface area contributed by atoms with E-state index in [4.69, 9.17) is 18.5 Å². The number of esters is 2. The van der Waals surface area contributed by atoms with Crippen LogP contribution < -0.4 is 26.6 Å². The van der Waals surface area contributed by atoms with E-state index in [-0.39, 0.29) is 37.8 Å². The fraction of sp³-hybridized carbons (Fsp3) is 0.500. The molecule has 2 aromatic heterocycles. The van der Waals surface area contributed by atoms with Crippen molar-refractivity contribution in [3.63, 3.8) is 0 Å². The molecule has 0 saturated heterocycles. The number of amides is 4. The molecule has 0 bridgehead atoms. The molecule has 4 amide bonds. The molecule has 318 valence electrons. The summed E-state index contributed by atoms with van der Waals surface area (Å²) in [7, 11) is -4.67. The molecule has 2 heterocycles. The van der Waals surface area contributed by atoms with Gasteiger partial charge in [0.2, 0.25) is 17.7 Å². The number of carboxylic acids is 1. The van der Waals surface area contributed by atoms with Gasteiger partial charge in [0.05, 0.1) is 31.5 Å². The molecule has 3 atom stereocenters. The van der Waals surface area contributed by atoms with Crippen LogP contribution in [-0.4, -0.2) is 129 Å². The lowest BCUT2D eigenvalue weighted by atomic mass is 10.1. The van der Waals surface area contributed by atoms with Crippen LogP contribution in [0.25, 0.3) is 10.9 Å². The smallest absolute Gasteiger partial charge is 0.472 e. The number of benzene rings is 1. The Balaban J connectivity index is 1.31. The number of phosphoric ester groups is 1. The van der Waals surface area contributed by atoms with E-state index in [0.717, 1.165) is 11.9 Å². The predicted octanol–water partition coefficient (Wildman–Crippen LogP) is -0.0180. The Morgan fingerprint density at radius 2 is 1.67 bits per heavy atom. The van der Waals surface area contributed by atoms with Crippen LogP contribution in [-0.2, 0) is 58.4 Å². The monoisotopic (exact) mass is 837 g/mol. The topological polar surface area (TPSA) is 321 Å². The van der Waals surface area contributed by atoms with E-state index in [1.54, 1.807) is 48.4 Å². The third-order valence-corrected chi connectivity index (χ3v) is 8.76. The van der Waals surface area contributed by atoms with Gasteiger partial charge in [-0.2, -0.15) is 5.10 Å². The quantitative estimate of drug-likeness (QED) is 0.0284. The molecule has 8 N–H and O–H groups in total. The zero-order valence-electron chi connectivity index (χ0n) is 31.9. The first kappa shape index (κ1) is 46.5. The fourth-order valence-electron chi connectivity index (χ4n) is 4.77. The van der Waals surface area contributed by atoms with Gasteiger partial charge in [-0.3, -0.25) is 42.5 Å². The van der Waals surface area contributed by atoms with Gasteiger partial charge in [-0.05, 0) is 24.6 Å². The molecule has 0 aliphatic carbocycles. The number of rotatable bonds is 27. The van der Waals surface area contributed by atoms with E-state index < -0.39 is 94.4 Å². The van der Waals surface area contributed by atoms with Gasteiger partial charge in [0.25, 0.3) is 5.91 Å². The first-order valence-electron chi connectivity index (χ1n) is 18.2. The number of phosphoric acid groups is 1. The summed E-state index contributed by atoms with van der Waals surface area (Å²) in [5, 5.41) is 27.1. The van der Waals surface area contributed by atoms with Crippen molar-refractivity contribution < 1.29 is 66.6 Å². The second-order valence-corrected chi connectivity index (χ2v) is 13.7. The molecule has 0 radical (unpaired) electrons. The number of carbonyl (C=O) groups excluding carboxylic acids is 6. The van der Waals surface area contributed by atoms with Crippen molar-refractivity contribution in [3.05, 3.63) is 42.4 Å². The maximum atomic E-state index is 12.8. The van der Waals surface area contributed by atoms with Crippen molar-refractivity contribution in [2.75, 3.05) is 51.3 Å². The SMILES string of the molecule is CCC(=O)OC[C@H](COP(=O)(O)OCCNC(=O)CCC(=O)NCC(=O)N[C@@H](CNC(=O)c1ccc2c(cnn2CCCNc2ncc[nH]2)c1)C(=O)O)OC(=O)CC. The van der Waals surface area contributed by atoms with Crippen molar-refractivity contribution in [2.45, 2.75) is 64.6 Å². The number of anilines is 1. The normalized spacial score (nSPS) is 13.0. The van der Waals surface area contributed by atoms with Gasteiger partial charge in [0, 0.05) is 75.2 Å². The van der Waals surface area contributed by atoms with E-state index in [2.05, 4.69) is 41.7 Å².